The van der Waals surface area contributed by atoms with Crippen LogP contribution in [0.5, 0.6) is 0 Å². The lowest BCUT2D eigenvalue weighted by Gasteiger charge is -2.39. The van der Waals surface area contributed by atoms with Crippen LogP contribution in [0.2, 0.25) is 0 Å². The molecule has 1 saturated heterocycles. The molecule has 3 heterocycles. The van der Waals surface area contributed by atoms with E-state index in [1.165, 1.54) is 11.6 Å². The van der Waals surface area contributed by atoms with E-state index in [1.54, 1.807) is 14.2 Å². The summed E-state index contributed by atoms with van der Waals surface area (Å²) in [5.41, 5.74) is -1.80. The molecule has 0 N–H and O–H groups in total. The van der Waals surface area contributed by atoms with Gasteiger partial charge in [0.25, 0.3) is 11.4 Å². The van der Waals surface area contributed by atoms with Crippen molar-refractivity contribution < 1.29 is 9.26 Å². The zero-order valence-electron chi connectivity index (χ0n) is 16.1. The summed E-state index contributed by atoms with van der Waals surface area (Å²) in [6.07, 6.45) is 3.23. The van der Waals surface area contributed by atoms with Crippen LogP contribution in [0.4, 0.5) is 5.82 Å². The lowest BCUT2D eigenvalue weighted by atomic mass is 9.90. The van der Waals surface area contributed by atoms with Crippen LogP contribution in [0.1, 0.15) is 48.9 Å². The van der Waals surface area contributed by atoms with E-state index in [4.69, 9.17) is 9.26 Å². The molecule has 0 atom stereocenters. The number of rotatable bonds is 4. The van der Waals surface area contributed by atoms with Crippen molar-refractivity contribution in [2.45, 2.75) is 37.2 Å². The van der Waals surface area contributed by atoms with Crippen molar-refractivity contribution in [3.05, 3.63) is 38.1 Å². The van der Waals surface area contributed by atoms with Crippen molar-refractivity contribution in [3.8, 4) is 6.07 Å². The molecular weight excluding hydrogens is 364 g/mol. The predicted molar refractivity (Wildman–Crippen MR) is 98.0 cm³/mol. The van der Waals surface area contributed by atoms with Crippen LogP contribution in [0.15, 0.2) is 14.1 Å². The highest BCUT2D eigenvalue weighted by Gasteiger charge is 2.43. The first-order valence-electron chi connectivity index (χ1n) is 9.26. The van der Waals surface area contributed by atoms with Gasteiger partial charge in [0.1, 0.15) is 17.5 Å². The van der Waals surface area contributed by atoms with E-state index in [2.05, 4.69) is 10.1 Å². The average Bonchev–Trinajstić information content (AvgIpc) is 3.45. The first-order valence-corrected chi connectivity index (χ1v) is 9.26. The largest absolute Gasteiger partial charge is 0.368 e. The zero-order chi connectivity index (χ0) is 20.1. The monoisotopic (exact) mass is 386 g/mol. The molecule has 10 nitrogen and oxygen atoms in total. The summed E-state index contributed by atoms with van der Waals surface area (Å²) in [6, 6.07) is 1.95. The Kier molecular flexibility index (Phi) is 4.34. The van der Waals surface area contributed by atoms with Gasteiger partial charge in [0, 0.05) is 53.1 Å². The third kappa shape index (κ3) is 2.74. The third-order valence-electron chi connectivity index (χ3n) is 5.78. The zero-order valence-corrected chi connectivity index (χ0v) is 16.1. The third-order valence-corrected chi connectivity index (χ3v) is 5.78. The number of hydrogen-bond acceptors (Lipinski definition) is 8. The van der Waals surface area contributed by atoms with Crippen molar-refractivity contribution in [1.82, 2.24) is 19.3 Å². The minimum atomic E-state index is -0.706. The second-order valence-electron chi connectivity index (χ2n) is 7.43. The van der Waals surface area contributed by atoms with Gasteiger partial charge in [0.05, 0.1) is 0 Å². The Hall–Kier alpha value is -2.93. The van der Waals surface area contributed by atoms with Crippen molar-refractivity contribution in [3.63, 3.8) is 0 Å². The number of ether oxygens (including phenoxy) is 1. The maximum atomic E-state index is 12.4. The Labute approximate surface area is 160 Å². The van der Waals surface area contributed by atoms with Gasteiger partial charge in [0.15, 0.2) is 11.4 Å². The van der Waals surface area contributed by atoms with Crippen LogP contribution < -0.4 is 16.1 Å². The lowest BCUT2D eigenvalue weighted by molar-refractivity contribution is -0.0583. The van der Waals surface area contributed by atoms with E-state index < -0.39 is 16.9 Å². The molecule has 1 saturated carbocycles. The first-order chi connectivity index (χ1) is 13.4. The molecule has 0 bridgehead atoms. The van der Waals surface area contributed by atoms with Crippen molar-refractivity contribution in [1.29, 1.82) is 5.26 Å². The summed E-state index contributed by atoms with van der Waals surface area (Å²) in [4.78, 5) is 31.1. The highest BCUT2D eigenvalue weighted by molar-refractivity contribution is 5.54. The van der Waals surface area contributed by atoms with E-state index in [9.17, 15) is 14.9 Å². The Balaban J connectivity index is 1.64. The molecule has 0 spiro atoms. The molecule has 0 amide bonds. The number of hydrogen-bond donors (Lipinski definition) is 0. The summed E-state index contributed by atoms with van der Waals surface area (Å²) in [6.45, 7) is 0.953. The highest BCUT2D eigenvalue weighted by atomic mass is 16.5. The van der Waals surface area contributed by atoms with Gasteiger partial charge >= 0.3 is 5.69 Å². The summed E-state index contributed by atoms with van der Waals surface area (Å²) >= 11 is 0. The van der Waals surface area contributed by atoms with E-state index in [-0.39, 0.29) is 5.56 Å². The average molecular weight is 386 g/mol. The predicted octanol–water partition coefficient (Wildman–Crippen LogP) is 0.358. The molecule has 4 rings (SSSR count). The first kappa shape index (κ1) is 18.4. The standard InChI is InChI=1S/C18H22N6O4/c1-22-14(12(10-19)15(25)23(2)17(22)26)24-8-6-18(27-3,7-9-24)16-20-13(21-28-16)11-4-5-11/h11H,4-9H2,1-3H3. The van der Waals surface area contributed by atoms with Crippen LogP contribution in [0.25, 0.3) is 0 Å². The topological polar surface area (TPSA) is 119 Å². The Morgan fingerprint density at radius 2 is 1.89 bits per heavy atom. The fourth-order valence-electron chi connectivity index (χ4n) is 3.81. The Morgan fingerprint density at radius 1 is 1.21 bits per heavy atom. The normalized spacial score (nSPS) is 18.9. The number of nitriles is 1. The van der Waals surface area contributed by atoms with Gasteiger partial charge in [-0.15, -0.1) is 0 Å². The van der Waals surface area contributed by atoms with E-state index >= 15 is 0 Å². The maximum Gasteiger partial charge on any atom is 0.332 e. The lowest BCUT2D eigenvalue weighted by Crippen LogP contribution is -2.48. The molecule has 2 aromatic heterocycles. The quantitative estimate of drug-likeness (QED) is 0.739. The Bertz CT molecular complexity index is 1060. The molecule has 28 heavy (non-hydrogen) atoms. The van der Waals surface area contributed by atoms with Crippen LogP contribution in [-0.4, -0.2) is 39.5 Å². The molecule has 1 aliphatic carbocycles. The van der Waals surface area contributed by atoms with Crippen LogP contribution in [-0.2, 0) is 24.4 Å². The second-order valence-corrected chi connectivity index (χ2v) is 7.43. The van der Waals surface area contributed by atoms with Gasteiger partial charge in [-0.3, -0.25) is 13.9 Å². The number of aromatic nitrogens is 4. The number of nitrogens with zero attached hydrogens (tertiary/aromatic N) is 6. The highest BCUT2D eigenvalue weighted by Crippen LogP contribution is 2.41. The van der Waals surface area contributed by atoms with Crippen molar-refractivity contribution >= 4 is 5.82 Å². The van der Waals surface area contributed by atoms with Gasteiger partial charge in [-0.1, -0.05) is 5.16 Å². The van der Waals surface area contributed by atoms with E-state index in [0.29, 0.717) is 43.6 Å². The van der Waals surface area contributed by atoms with E-state index in [0.717, 1.165) is 23.2 Å². The van der Waals surface area contributed by atoms with Gasteiger partial charge in [0.2, 0.25) is 0 Å². The van der Waals surface area contributed by atoms with Gasteiger partial charge in [-0.05, 0) is 12.8 Å². The molecule has 10 heteroatoms. The molecule has 1 aliphatic heterocycles. The molecule has 2 aromatic rings. The molecule has 0 radical (unpaired) electrons. The summed E-state index contributed by atoms with van der Waals surface area (Å²) in [7, 11) is 4.55. The summed E-state index contributed by atoms with van der Waals surface area (Å²) < 4.78 is 13.6. The molecule has 148 valence electrons. The van der Waals surface area contributed by atoms with Gasteiger partial charge in [-0.25, -0.2) is 4.79 Å². The van der Waals surface area contributed by atoms with E-state index in [1.807, 2.05) is 11.0 Å². The second kappa shape index (κ2) is 6.60. The summed E-state index contributed by atoms with van der Waals surface area (Å²) in [5, 5.41) is 13.6. The number of piperidine rings is 1. The Morgan fingerprint density at radius 3 is 2.46 bits per heavy atom. The minimum absolute atomic E-state index is 0.0386. The fraction of sp³-hybridized carbons (Fsp3) is 0.611. The maximum absolute atomic E-state index is 12.4. The smallest absolute Gasteiger partial charge is 0.332 e. The molecule has 2 aliphatic rings. The SMILES string of the molecule is COC1(c2nc(C3CC3)no2)CCN(c2c(C#N)c(=O)n(C)c(=O)n2C)CC1. The van der Waals surface area contributed by atoms with Crippen molar-refractivity contribution in [2.75, 3.05) is 25.1 Å². The fourth-order valence-corrected chi connectivity index (χ4v) is 3.81. The molecule has 2 fully saturated rings. The van der Waals surface area contributed by atoms with Crippen LogP contribution in [0.3, 0.4) is 0 Å². The van der Waals surface area contributed by atoms with Crippen LogP contribution >= 0.6 is 0 Å². The van der Waals surface area contributed by atoms with Crippen molar-refractivity contribution in [2.24, 2.45) is 14.1 Å². The van der Waals surface area contributed by atoms with Gasteiger partial charge < -0.3 is 14.2 Å². The minimum Gasteiger partial charge on any atom is -0.368 e. The molecular formula is C18H22N6O4. The van der Waals surface area contributed by atoms with Gasteiger partial charge in [-0.2, -0.15) is 10.2 Å². The molecule has 0 aromatic carbocycles. The molecule has 0 unspecified atom stereocenters. The number of anilines is 1. The number of methoxy groups -OCH3 is 1. The summed E-state index contributed by atoms with van der Waals surface area (Å²) in [5.74, 6) is 1.92. The van der Waals surface area contributed by atoms with Crippen LogP contribution in [0, 0.1) is 11.3 Å².